The molecule has 3 heteroatoms. The summed E-state index contributed by atoms with van der Waals surface area (Å²) in [5, 5.41) is 4.62. The molecule has 0 saturated carbocycles. The molecule has 0 unspecified atom stereocenters. The third-order valence-electron chi connectivity index (χ3n) is 1.89. The number of nitrogens with zero attached hydrogens (tertiary/aromatic N) is 1. The Balaban J connectivity index is 2.68. The summed E-state index contributed by atoms with van der Waals surface area (Å²) in [4.78, 5) is 0. The van der Waals surface area contributed by atoms with Crippen LogP contribution in [0.25, 0.3) is 22.1 Å². The molecule has 0 aliphatic carbocycles. The van der Waals surface area contributed by atoms with Gasteiger partial charge in [-0.3, -0.25) is 0 Å². The molecule has 3 aromatic rings. The molecular formula is C9H5NO2. The van der Waals surface area contributed by atoms with Crippen LogP contribution >= 0.6 is 0 Å². The minimum absolute atomic E-state index is 0.705. The molecule has 0 saturated heterocycles. The van der Waals surface area contributed by atoms with Gasteiger partial charge in [-0.2, -0.15) is 0 Å². The molecule has 0 bridgehead atoms. The Labute approximate surface area is 67.6 Å². The maximum atomic E-state index is 5.44. The molecule has 0 aliphatic rings. The molecule has 0 aliphatic heterocycles. The van der Waals surface area contributed by atoms with E-state index >= 15 is 0 Å². The second-order valence-corrected chi connectivity index (χ2v) is 2.62. The fourth-order valence-corrected chi connectivity index (χ4v) is 1.35. The third-order valence-corrected chi connectivity index (χ3v) is 1.89. The van der Waals surface area contributed by atoms with Crippen molar-refractivity contribution in [3.8, 4) is 0 Å². The van der Waals surface area contributed by atoms with Gasteiger partial charge in [0.05, 0.1) is 5.39 Å². The average Bonchev–Trinajstić information content (AvgIpc) is 2.62. The predicted molar refractivity (Wildman–Crippen MR) is 43.8 cm³/mol. The molecule has 0 atom stereocenters. The molecule has 2 heterocycles. The lowest BCUT2D eigenvalue weighted by Gasteiger charge is -1.82. The summed E-state index contributed by atoms with van der Waals surface area (Å²) >= 11 is 0. The molecule has 0 radical (unpaired) electrons. The maximum Gasteiger partial charge on any atom is 0.213 e. The zero-order chi connectivity index (χ0) is 7.97. The van der Waals surface area contributed by atoms with Gasteiger partial charge in [-0.15, -0.1) is 0 Å². The quantitative estimate of drug-likeness (QED) is 0.506. The summed E-state index contributed by atoms with van der Waals surface area (Å²) in [5.74, 6) is 0. The van der Waals surface area contributed by atoms with Crippen molar-refractivity contribution in [3.63, 3.8) is 0 Å². The van der Waals surface area contributed by atoms with Gasteiger partial charge in [0.2, 0.25) is 5.58 Å². The third kappa shape index (κ3) is 0.580. The zero-order valence-corrected chi connectivity index (χ0v) is 6.15. The molecule has 0 N–H and O–H groups in total. The Hall–Kier alpha value is -1.77. The molecule has 0 fully saturated rings. The van der Waals surface area contributed by atoms with Crippen molar-refractivity contribution >= 4 is 22.1 Å². The van der Waals surface area contributed by atoms with Crippen LogP contribution in [0.4, 0.5) is 0 Å². The first-order valence-corrected chi connectivity index (χ1v) is 3.67. The number of furan rings is 1. The highest BCUT2D eigenvalue weighted by molar-refractivity contribution is 6.00. The zero-order valence-electron chi connectivity index (χ0n) is 6.15. The smallest absolute Gasteiger partial charge is 0.213 e. The largest absolute Gasteiger partial charge is 0.451 e. The van der Waals surface area contributed by atoms with Crippen molar-refractivity contribution in [2.24, 2.45) is 0 Å². The van der Waals surface area contributed by atoms with Gasteiger partial charge in [0.25, 0.3) is 0 Å². The van der Waals surface area contributed by atoms with E-state index in [9.17, 15) is 0 Å². The molecule has 58 valence electrons. The summed E-state index contributed by atoms with van der Waals surface area (Å²) < 4.78 is 10.5. The Kier molecular flexibility index (Phi) is 0.913. The summed E-state index contributed by atoms with van der Waals surface area (Å²) in [6, 6.07) is 7.73. The van der Waals surface area contributed by atoms with Crippen LogP contribution in [0.2, 0.25) is 0 Å². The van der Waals surface area contributed by atoms with Crippen molar-refractivity contribution in [2.75, 3.05) is 0 Å². The van der Waals surface area contributed by atoms with E-state index in [1.807, 2.05) is 24.3 Å². The maximum absolute atomic E-state index is 5.44. The lowest BCUT2D eigenvalue weighted by molar-refractivity contribution is 0.458. The van der Waals surface area contributed by atoms with Crippen molar-refractivity contribution in [1.82, 2.24) is 5.16 Å². The standard InChI is InChI=1S/C9H5NO2/c1-2-4-7-6(3-1)9-8(11-7)5-10-12-9/h1-5H. The predicted octanol–water partition coefficient (Wildman–Crippen LogP) is 2.57. The normalized spacial score (nSPS) is 11.3. The highest BCUT2D eigenvalue weighted by atomic mass is 16.5. The molecule has 3 rings (SSSR count). The van der Waals surface area contributed by atoms with E-state index < -0.39 is 0 Å². The van der Waals surface area contributed by atoms with Gasteiger partial charge < -0.3 is 8.94 Å². The Morgan fingerprint density at radius 1 is 1.08 bits per heavy atom. The minimum atomic E-state index is 0.705. The fourth-order valence-electron chi connectivity index (χ4n) is 1.35. The second-order valence-electron chi connectivity index (χ2n) is 2.62. The molecular weight excluding hydrogens is 154 g/mol. The van der Waals surface area contributed by atoms with Crippen LogP contribution in [-0.4, -0.2) is 5.16 Å². The molecule has 3 nitrogen and oxygen atoms in total. The first-order chi connectivity index (χ1) is 5.95. The highest BCUT2D eigenvalue weighted by Crippen LogP contribution is 2.27. The lowest BCUT2D eigenvalue weighted by atomic mass is 10.2. The van der Waals surface area contributed by atoms with Crippen LogP contribution in [-0.2, 0) is 0 Å². The minimum Gasteiger partial charge on any atom is -0.451 e. The number of fused-ring (bicyclic) bond motifs is 3. The number of rotatable bonds is 0. The Bertz CT molecular complexity index is 534. The van der Waals surface area contributed by atoms with E-state index in [0.29, 0.717) is 5.58 Å². The van der Waals surface area contributed by atoms with Gasteiger partial charge in [-0.05, 0) is 12.1 Å². The van der Waals surface area contributed by atoms with Crippen LogP contribution < -0.4 is 0 Å². The van der Waals surface area contributed by atoms with E-state index in [2.05, 4.69) is 5.16 Å². The van der Waals surface area contributed by atoms with E-state index in [1.54, 1.807) is 6.20 Å². The van der Waals surface area contributed by atoms with Crippen molar-refractivity contribution in [3.05, 3.63) is 30.5 Å². The van der Waals surface area contributed by atoms with Crippen LogP contribution in [0.3, 0.4) is 0 Å². The molecule has 0 spiro atoms. The van der Waals surface area contributed by atoms with E-state index in [4.69, 9.17) is 8.94 Å². The van der Waals surface area contributed by atoms with E-state index in [-0.39, 0.29) is 0 Å². The average molecular weight is 159 g/mol. The van der Waals surface area contributed by atoms with Crippen LogP contribution in [0, 0.1) is 0 Å². The van der Waals surface area contributed by atoms with Gasteiger partial charge in [0, 0.05) is 0 Å². The number of benzene rings is 1. The van der Waals surface area contributed by atoms with Crippen molar-refractivity contribution in [2.45, 2.75) is 0 Å². The number of hydrogen-bond acceptors (Lipinski definition) is 3. The van der Waals surface area contributed by atoms with Crippen LogP contribution in [0.15, 0.2) is 39.4 Å². The summed E-state index contributed by atoms with van der Waals surface area (Å²) in [6.07, 6.45) is 1.58. The molecule has 1 aromatic carbocycles. The van der Waals surface area contributed by atoms with Gasteiger partial charge in [-0.1, -0.05) is 17.3 Å². The first kappa shape index (κ1) is 5.83. The summed E-state index contributed by atoms with van der Waals surface area (Å²) in [7, 11) is 0. The Morgan fingerprint density at radius 2 is 2.00 bits per heavy atom. The number of hydrogen-bond donors (Lipinski definition) is 0. The van der Waals surface area contributed by atoms with Gasteiger partial charge >= 0.3 is 0 Å². The van der Waals surface area contributed by atoms with Gasteiger partial charge in [-0.25, -0.2) is 0 Å². The van der Waals surface area contributed by atoms with Crippen molar-refractivity contribution in [1.29, 1.82) is 0 Å². The van der Waals surface area contributed by atoms with Crippen LogP contribution in [0.1, 0.15) is 0 Å². The topological polar surface area (TPSA) is 39.2 Å². The monoisotopic (exact) mass is 159 g/mol. The Morgan fingerprint density at radius 3 is 3.00 bits per heavy atom. The summed E-state index contributed by atoms with van der Waals surface area (Å²) in [5.41, 5.74) is 2.27. The van der Waals surface area contributed by atoms with E-state index in [0.717, 1.165) is 16.6 Å². The number of para-hydroxylation sites is 1. The highest BCUT2D eigenvalue weighted by Gasteiger charge is 2.08. The SMILES string of the molecule is c1ccc2c(c1)oc1cnoc12. The van der Waals surface area contributed by atoms with Crippen LogP contribution in [0.5, 0.6) is 0 Å². The fraction of sp³-hybridized carbons (Fsp3) is 0. The lowest BCUT2D eigenvalue weighted by Crippen LogP contribution is -1.61. The van der Waals surface area contributed by atoms with Gasteiger partial charge in [0.1, 0.15) is 11.8 Å². The summed E-state index contributed by atoms with van der Waals surface area (Å²) in [6.45, 7) is 0. The molecule has 2 aromatic heterocycles. The number of aromatic nitrogens is 1. The van der Waals surface area contributed by atoms with E-state index in [1.165, 1.54) is 0 Å². The van der Waals surface area contributed by atoms with Gasteiger partial charge in [0.15, 0.2) is 5.58 Å². The second kappa shape index (κ2) is 1.88. The molecule has 12 heavy (non-hydrogen) atoms. The van der Waals surface area contributed by atoms with Crippen molar-refractivity contribution < 1.29 is 8.94 Å². The first-order valence-electron chi connectivity index (χ1n) is 3.67. The molecule has 0 amide bonds.